The Hall–Kier alpha value is -2.49. The zero-order valence-electron chi connectivity index (χ0n) is 11.3. The van der Waals surface area contributed by atoms with E-state index in [1.807, 2.05) is 19.9 Å². The fourth-order valence-corrected chi connectivity index (χ4v) is 2.08. The first-order valence-corrected chi connectivity index (χ1v) is 6.45. The molecule has 2 heterocycles. The third-order valence-corrected chi connectivity index (χ3v) is 2.99. The van der Waals surface area contributed by atoms with Crippen LogP contribution in [0.3, 0.4) is 0 Å². The van der Waals surface area contributed by atoms with E-state index in [1.54, 1.807) is 30.3 Å². The Kier molecular flexibility index (Phi) is 3.06. The molecule has 4 nitrogen and oxygen atoms in total. The van der Waals surface area contributed by atoms with Crippen molar-refractivity contribution in [3.63, 3.8) is 0 Å². The molecule has 102 valence electrons. The second-order valence-electron chi connectivity index (χ2n) is 4.48. The van der Waals surface area contributed by atoms with Crippen LogP contribution in [0.4, 0.5) is 0 Å². The Balaban J connectivity index is 1.91. The maximum atomic E-state index is 12.2. The molecule has 1 aliphatic rings. The van der Waals surface area contributed by atoms with Crippen molar-refractivity contribution in [2.75, 3.05) is 6.61 Å². The summed E-state index contributed by atoms with van der Waals surface area (Å²) in [5.41, 5.74) is 0.544. The smallest absolute Gasteiger partial charge is 0.232 e. The predicted molar refractivity (Wildman–Crippen MR) is 74.0 cm³/mol. The minimum atomic E-state index is -0.142. The van der Waals surface area contributed by atoms with Crippen LogP contribution in [0.5, 0.6) is 11.5 Å². The number of ketones is 1. The van der Waals surface area contributed by atoms with Gasteiger partial charge in [0.2, 0.25) is 5.78 Å². The first kappa shape index (κ1) is 12.5. The highest BCUT2D eigenvalue weighted by Crippen LogP contribution is 2.34. The lowest BCUT2D eigenvalue weighted by molar-refractivity contribution is 0.101. The summed E-state index contributed by atoms with van der Waals surface area (Å²) in [6.45, 7) is 4.33. The molecule has 3 rings (SSSR count). The van der Waals surface area contributed by atoms with E-state index in [-0.39, 0.29) is 11.5 Å². The van der Waals surface area contributed by atoms with Crippen LogP contribution in [-0.4, -0.2) is 12.4 Å². The highest BCUT2D eigenvalue weighted by molar-refractivity contribution is 6.14. The molecule has 1 aromatic carbocycles. The zero-order valence-corrected chi connectivity index (χ0v) is 11.3. The van der Waals surface area contributed by atoms with Crippen LogP contribution in [0.15, 0.2) is 40.5 Å². The van der Waals surface area contributed by atoms with Crippen molar-refractivity contribution in [1.29, 1.82) is 0 Å². The summed E-state index contributed by atoms with van der Waals surface area (Å²) in [5, 5.41) is 0. The third kappa shape index (κ3) is 2.20. The van der Waals surface area contributed by atoms with Crippen LogP contribution in [-0.2, 0) is 0 Å². The summed E-state index contributed by atoms with van der Waals surface area (Å²) >= 11 is 0. The maximum Gasteiger partial charge on any atom is 0.232 e. The van der Waals surface area contributed by atoms with Gasteiger partial charge in [-0.3, -0.25) is 4.79 Å². The SMILES string of the molecule is CCOc1ccc2c(c1)OC(=Cc1ccc(C)o1)C2=O. The molecule has 0 atom stereocenters. The first-order valence-electron chi connectivity index (χ1n) is 6.45. The molecule has 0 fully saturated rings. The lowest BCUT2D eigenvalue weighted by atomic mass is 10.1. The largest absolute Gasteiger partial charge is 0.494 e. The van der Waals surface area contributed by atoms with E-state index in [4.69, 9.17) is 13.9 Å². The van der Waals surface area contributed by atoms with Gasteiger partial charge in [0.05, 0.1) is 12.2 Å². The molecule has 0 bridgehead atoms. The van der Waals surface area contributed by atoms with Crippen molar-refractivity contribution in [2.24, 2.45) is 0 Å². The summed E-state index contributed by atoms with van der Waals surface area (Å²) < 4.78 is 16.4. The van der Waals surface area contributed by atoms with Crippen LogP contribution in [0.25, 0.3) is 6.08 Å². The molecule has 1 aromatic heterocycles. The molecule has 0 radical (unpaired) electrons. The van der Waals surface area contributed by atoms with Gasteiger partial charge in [-0.25, -0.2) is 0 Å². The van der Waals surface area contributed by atoms with Gasteiger partial charge in [0, 0.05) is 12.1 Å². The normalized spacial score (nSPS) is 15.3. The Bertz CT molecular complexity index is 694. The zero-order chi connectivity index (χ0) is 14.1. The van der Waals surface area contributed by atoms with Crippen molar-refractivity contribution < 1.29 is 18.7 Å². The Morgan fingerprint density at radius 2 is 2.10 bits per heavy atom. The number of rotatable bonds is 3. The second kappa shape index (κ2) is 4.89. The molecule has 2 aromatic rings. The van der Waals surface area contributed by atoms with Gasteiger partial charge in [0.25, 0.3) is 0 Å². The van der Waals surface area contributed by atoms with Crippen molar-refractivity contribution in [2.45, 2.75) is 13.8 Å². The van der Waals surface area contributed by atoms with Gasteiger partial charge in [-0.2, -0.15) is 0 Å². The number of furan rings is 1. The van der Waals surface area contributed by atoms with Crippen LogP contribution in [0.1, 0.15) is 28.8 Å². The van der Waals surface area contributed by atoms with E-state index in [1.165, 1.54) is 0 Å². The lowest BCUT2D eigenvalue weighted by Gasteiger charge is -2.03. The number of fused-ring (bicyclic) bond motifs is 1. The number of hydrogen-bond acceptors (Lipinski definition) is 4. The lowest BCUT2D eigenvalue weighted by Crippen LogP contribution is -1.97. The highest BCUT2D eigenvalue weighted by atomic mass is 16.5. The van der Waals surface area contributed by atoms with E-state index in [9.17, 15) is 4.79 Å². The molecule has 0 N–H and O–H groups in total. The molecular weight excluding hydrogens is 256 g/mol. The van der Waals surface area contributed by atoms with Crippen LogP contribution >= 0.6 is 0 Å². The molecule has 0 amide bonds. The number of carbonyl (C=O) groups excluding carboxylic acids is 1. The molecule has 0 saturated carbocycles. The summed E-state index contributed by atoms with van der Waals surface area (Å²) in [4.78, 5) is 12.2. The van der Waals surface area contributed by atoms with E-state index in [2.05, 4.69) is 0 Å². The average molecular weight is 270 g/mol. The second-order valence-corrected chi connectivity index (χ2v) is 4.48. The highest BCUT2D eigenvalue weighted by Gasteiger charge is 2.28. The van der Waals surface area contributed by atoms with Gasteiger partial charge < -0.3 is 13.9 Å². The minimum absolute atomic E-state index is 0.142. The number of aryl methyl sites for hydroxylation is 1. The Labute approximate surface area is 116 Å². The van der Waals surface area contributed by atoms with Crippen molar-refractivity contribution in [1.82, 2.24) is 0 Å². The summed E-state index contributed by atoms with van der Waals surface area (Å²) in [5.74, 6) is 2.73. The fraction of sp³-hybridized carbons (Fsp3) is 0.188. The van der Waals surface area contributed by atoms with Crippen molar-refractivity contribution >= 4 is 11.9 Å². The van der Waals surface area contributed by atoms with E-state index in [0.717, 1.165) is 5.76 Å². The van der Waals surface area contributed by atoms with Gasteiger partial charge in [0.15, 0.2) is 5.76 Å². The Morgan fingerprint density at radius 3 is 2.80 bits per heavy atom. The summed E-state index contributed by atoms with van der Waals surface area (Å²) in [6.07, 6.45) is 1.61. The third-order valence-electron chi connectivity index (χ3n) is 2.99. The molecule has 4 heteroatoms. The first-order chi connectivity index (χ1) is 9.67. The number of ether oxygens (including phenoxy) is 2. The fourth-order valence-electron chi connectivity index (χ4n) is 2.08. The van der Waals surface area contributed by atoms with Crippen LogP contribution < -0.4 is 9.47 Å². The topological polar surface area (TPSA) is 48.7 Å². The predicted octanol–water partition coefficient (Wildman–Crippen LogP) is 3.60. The number of hydrogen-bond donors (Lipinski definition) is 0. The number of allylic oxidation sites excluding steroid dienone is 1. The molecule has 0 unspecified atom stereocenters. The maximum absolute atomic E-state index is 12.2. The quantitative estimate of drug-likeness (QED) is 0.799. The van der Waals surface area contributed by atoms with Gasteiger partial charge in [0.1, 0.15) is 23.0 Å². The Morgan fingerprint density at radius 1 is 1.25 bits per heavy atom. The summed E-state index contributed by atoms with van der Waals surface area (Å²) in [6, 6.07) is 8.85. The van der Waals surface area contributed by atoms with Crippen molar-refractivity contribution in [3.8, 4) is 11.5 Å². The van der Waals surface area contributed by atoms with Gasteiger partial charge in [-0.05, 0) is 38.1 Å². The van der Waals surface area contributed by atoms with E-state index < -0.39 is 0 Å². The van der Waals surface area contributed by atoms with Gasteiger partial charge in [-0.1, -0.05) is 0 Å². The number of Topliss-reactive ketones (excluding diaryl/α,β-unsaturated/α-hetero) is 1. The van der Waals surface area contributed by atoms with Crippen LogP contribution in [0, 0.1) is 6.92 Å². The standard InChI is InChI=1S/C16H14O4/c1-3-18-11-6-7-13-14(8-11)20-15(16(13)17)9-12-5-4-10(2)19-12/h4-9H,3H2,1-2H3. The minimum Gasteiger partial charge on any atom is -0.494 e. The average Bonchev–Trinajstić information content (AvgIpc) is 2.96. The summed E-state index contributed by atoms with van der Waals surface area (Å²) in [7, 11) is 0. The molecule has 0 saturated heterocycles. The van der Waals surface area contributed by atoms with E-state index >= 15 is 0 Å². The molecule has 0 aliphatic carbocycles. The monoisotopic (exact) mass is 270 g/mol. The molecule has 1 aliphatic heterocycles. The number of carbonyl (C=O) groups is 1. The molecular formula is C16H14O4. The number of benzene rings is 1. The molecule has 20 heavy (non-hydrogen) atoms. The molecule has 0 spiro atoms. The van der Waals surface area contributed by atoms with Crippen molar-refractivity contribution in [3.05, 3.63) is 53.2 Å². The van der Waals surface area contributed by atoms with Gasteiger partial charge >= 0.3 is 0 Å². The van der Waals surface area contributed by atoms with Gasteiger partial charge in [-0.15, -0.1) is 0 Å². The van der Waals surface area contributed by atoms with Crippen LogP contribution in [0.2, 0.25) is 0 Å². The van der Waals surface area contributed by atoms with E-state index in [0.29, 0.717) is 29.4 Å².